The molecule has 6 heteroatoms. The zero-order valence-electron chi connectivity index (χ0n) is 13.8. The lowest BCUT2D eigenvalue weighted by molar-refractivity contribution is -0.159. The highest BCUT2D eigenvalue weighted by Gasteiger charge is 2.44. The summed E-state index contributed by atoms with van der Waals surface area (Å²) in [6.07, 6.45) is 1.70. The molecule has 0 aliphatic heterocycles. The van der Waals surface area contributed by atoms with Crippen molar-refractivity contribution in [2.24, 2.45) is 5.73 Å². The van der Waals surface area contributed by atoms with E-state index in [0.29, 0.717) is 0 Å². The monoisotopic (exact) mass is 357 g/mol. The number of rotatable bonds is 6. The molecule has 0 saturated heterocycles. The van der Waals surface area contributed by atoms with Crippen molar-refractivity contribution in [2.75, 3.05) is 18.6 Å². The lowest BCUT2D eigenvalue weighted by Gasteiger charge is -2.23. The number of carbonyl (C=O) groups excluding carboxylic acids is 1. The summed E-state index contributed by atoms with van der Waals surface area (Å²) in [7, 11) is 0. The molecule has 3 N–H and O–H groups in total. The lowest BCUT2D eigenvalue weighted by Crippen LogP contribution is -2.58. The molecule has 5 nitrogen and oxygen atoms in total. The second-order valence-corrected chi connectivity index (χ2v) is 6.90. The highest BCUT2D eigenvalue weighted by atomic mass is 32.2. The van der Waals surface area contributed by atoms with Crippen LogP contribution in [0.4, 0.5) is 0 Å². The van der Waals surface area contributed by atoms with E-state index in [9.17, 15) is 14.7 Å². The van der Waals surface area contributed by atoms with Gasteiger partial charge in [0.15, 0.2) is 0 Å². The summed E-state index contributed by atoms with van der Waals surface area (Å²) >= 11 is 1.19. The van der Waals surface area contributed by atoms with E-state index in [1.54, 1.807) is 6.26 Å². The van der Waals surface area contributed by atoms with Gasteiger partial charge in [-0.15, -0.1) is 0 Å². The third kappa shape index (κ3) is 3.03. The van der Waals surface area contributed by atoms with E-state index in [0.717, 1.165) is 22.3 Å². The molecule has 1 atom stereocenters. The number of hydrogen-bond donors (Lipinski definition) is 2. The van der Waals surface area contributed by atoms with Gasteiger partial charge in [-0.25, -0.2) is 9.59 Å². The summed E-state index contributed by atoms with van der Waals surface area (Å²) in [5, 5.41) is 9.30. The normalized spacial score (nSPS) is 15.1. The molecule has 0 heterocycles. The van der Waals surface area contributed by atoms with Crippen LogP contribution in [0, 0.1) is 0 Å². The maximum absolute atomic E-state index is 12.3. The number of hydrogen-bond acceptors (Lipinski definition) is 5. The Bertz CT molecular complexity index is 777. The van der Waals surface area contributed by atoms with Crippen LogP contribution in [0.5, 0.6) is 0 Å². The van der Waals surface area contributed by atoms with Crippen molar-refractivity contribution in [3.8, 4) is 11.1 Å². The number of fused-ring (bicyclic) bond motifs is 3. The quantitative estimate of drug-likeness (QED) is 0.610. The van der Waals surface area contributed by atoms with Crippen molar-refractivity contribution in [3.63, 3.8) is 0 Å². The van der Waals surface area contributed by atoms with Gasteiger partial charge < -0.3 is 15.6 Å². The first-order valence-electron chi connectivity index (χ1n) is 7.85. The molecule has 2 aromatic carbocycles. The standard InChI is InChI=1S/C19H19NO4S/c1-25-11-19(20,17(21)22)18(23)24-10-16-14-8-4-2-6-12(14)13-7-3-5-9-15(13)16/h2-9,16H,10-11,20H2,1H3,(H,21,22)/t19-/m0/s1. The van der Waals surface area contributed by atoms with E-state index in [1.807, 2.05) is 48.5 Å². The lowest BCUT2D eigenvalue weighted by atomic mass is 9.98. The fraction of sp³-hybridized carbons (Fsp3) is 0.263. The smallest absolute Gasteiger partial charge is 0.338 e. The molecule has 0 radical (unpaired) electrons. The molecule has 0 aromatic heterocycles. The van der Waals surface area contributed by atoms with Crippen molar-refractivity contribution in [3.05, 3.63) is 59.7 Å². The topological polar surface area (TPSA) is 89.6 Å². The molecule has 1 aliphatic rings. The molecular formula is C19H19NO4S. The number of esters is 1. The van der Waals surface area contributed by atoms with Crippen LogP contribution in [0.3, 0.4) is 0 Å². The Morgan fingerprint density at radius 3 is 2.12 bits per heavy atom. The summed E-state index contributed by atoms with van der Waals surface area (Å²) in [6, 6.07) is 15.9. The van der Waals surface area contributed by atoms with Crippen LogP contribution < -0.4 is 5.73 Å². The Morgan fingerprint density at radius 2 is 1.64 bits per heavy atom. The van der Waals surface area contributed by atoms with Gasteiger partial charge in [-0.3, -0.25) is 0 Å². The summed E-state index contributed by atoms with van der Waals surface area (Å²) in [5.41, 5.74) is 8.10. The average molecular weight is 357 g/mol. The molecule has 0 amide bonds. The van der Waals surface area contributed by atoms with Crippen LogP contribution in [0.15, 0.2) is 48.5 Å². The van der Waals surface area contributed by atoms with Gasteiger partial charge in [-0.1, -0.05) is 48.5 Å². The molecule has 25 heavy (non-hydrogen) atoms. The summed E-state index contributed by atoms with van der Waals surface area (Å²) < 4.78 is 5.36. The number of carboxylic acid groups (broad SMARTS) is 1. The van der Waals surface area contributed by atoms with Gasteiger partial charge >= 0.3 is 11.9 Å². The maximum Gasteiger partial charge on any atom is 0.338 e. The third-order valence-electron chi connectivity index (χ3n) is 4.46. The van der Waals surface area contributed by atoms with Crippen molar-refractivity contribution >= 4 is 23.7 Å². The summed E-state index contributed by atoms with van der Waals surface area (Å²) in [6.45, 7) is 0.0630. The van der Waals surface area contributed by atoms with E-state index in [1.165, 1.54) is 11.8 Å². The van der Waals surface area contributed by atoms with E-state index in [4.69, 9.17) is 10.5 Å². The van der Waals surface area contributed by atoms with Crippen LogP contribution in [0.2, 0.25) is 0 Å². The highest BCUT2D eigenvalue weighted by Crippen LogP contribution is 2.44. The van der Waals surface area contributed by atoms with Gasteiger partial charge in [-0.2, -0.15) is 11.8 Å². The number of ether oxygens (including phenoxy) is 1. The van der Waals surface area contributed by atoms with E-state index < -0.39 is 17.5 Å². The fourth-order valence-corrected chi connectivity index (χ4v) is 3.86. The summed E-state index contributed by atoms with van der Waals surface area (Å²) in [4.78, 5) is 23.7. The average Bonchev–Trinajstić information content (AvgIpc) is 2.93. The second kappa shape index (κ2) is 6.90. The molecule has 3 rings (SSSR count). The number of carboxylic acids is 1. The van der Waals surface area contributed by atoms with E-state index >= 15 is 0 Å². The second-order valence-electron chi connectivity index (χ2n) is 6.04. The number of carbonyl (C=O) groups is 2. The Kier molecular flexibility index (Phi) is 4.83. The van der Waals surface area contributed by atoms with Gasteiger partial charge in [0.2, 0.25) is 5.54 Å². The largest absolute Gasteiger partial charge is 0.479 e. The zero-order chi connectivity index (χ0) is 18.0. The number of nitrogens with two attached hydrogens (primary N) is 1. The molecule has 1 aliphatic carbocycles. The number of benzene rings is 2. The Labute approximate surface area is 150 Å². The molecular weight excluding hydrogens is 338 g/mol. The SMILES string of the molecule is CSC[C@](N)(C(=O)O)C(=O)OCC1c2ccccc2-c2ccccc21. The predicted octanol–water partition coefficient (Wildman–Crippen LogP) is 2.49. The molecule has 0 saturated carbocycles. The Morgan fingerprint density at radius 1 is 1.12 bits per heavy atom. The first-order chi connectivity index (χ1) is 12.0. The minimum atomic E-state index is -2.03. The predicted molar refractivity (Wildman–Crippen MR) is 97.6 cm³/mol. The number of thioether (sulfide) groups is 1. The van der Waals surface area contributed by atoms with Crippen LogP contribution in [-0.2, 0) is 14.3 Å². The van der Waals surface area contributed by atoms with Crippen LogP contribution in [-0.4, -0.2) is 41.2 Å². The van der Waals surface area contributed by atoms with Crippen LogP contribution in [0.25, 0.3) is 11.1 Å². The maximum atomic E-state index is 12.3. The zero-order valence-corrected chi connectivity index (χ0v) is 14.6. The van der Waals surface area contributed by atoms with Gasteiger partial charge in [0.25, 0.3) is 0 Å². The van der Waals surface area contributed by atoms with Gasteiger partial charge in [-0.05, 0) is 28.5 Å². The molecule has 0 spiro atoms. The first kappa shape index (κ1) is 17.5. The minimum Gasteiger partial charge on any atom is -0.479 e. The third-order valence-corrected chi connectivity index (χ3v) is 5.21. The van der Waals surface area contributed by atoms with Gasteiger partial charge in [0.05, 0.1) is 0 Å². The van der Waals surface area contributed by atoms with E-state index in [2.05, 4.69) is 0 Å². The molecule has 0 fully saturated rings. The summed E-state index contributed by atoms with van der Waals surface area (Å²) in [5.74, 6) is -2.45. The van der Waals surface area contributed by atoms with Crippen LogP contribution in [0.1, 0.15) is 17.0 Å². The van der Waals surface area contributed by atoms with Crippen LogP contribution >= 0.6 is 11.8 Å². The Hall–Kier alpha value is -2.31. The number of aliphatic carboxylic acids is 1. The minimum absolute atomic E-state index is 0.0427. The Balaban J connectivity index is 1.84. The van der Waals surface area contributed by atoms with E-state index in [-0.39, 0.29) is 18.3 Å². The van der Waals surface area contributed by atoms with Crippen molar-refractivity contribution < 1.29 is 19.4 Å². The molecule has 2 aromatic rings. The first-order valence-corrected chi connectivity index (χ1v) is 9.25. The van der Waals surface area contributed by atoms with Crippen molar-refractivity contribution in [1.82, 2.24) is 0 Å². The highest BCUT2D eigenvalue weighted by molar-refractivity contribution is 7.98. The molecule has 0 bridgehead atoms. The van der Waals surface area contributed by atoms with Gasteiger partial charge in [0.1, 0.15) is 6.61 Å². The van der Waals surface area contributed by atoms with Gasteiger partial charge in [0, 0.05) is 11.7 Å². The fourth-order valence-electron chi connectivity index (χ4n) is 3.16. The molecule has 130 valence electrons. The molecule has 0 unspecified atom stereocenters. The van der Waals surface area contributed by atoms with Crippen molar-refractivity contribution in [2.45, 2.75) is 11.5 Å². The van der Waals surface area contributed by atoms with Crippen molar-refractivity contribution in [1.29, 1.82) is 0 Å².